The molecular weight excluding hydrogens is 386 g/mol. The van der Waals surface area contributed by atoms with Crippen LogP contribution < -0.4 is 5.73 Å². The van der Waals surface area contributed by atoms with E-state index in [-0.39, 0.29) is 17.0 Å². The van der Waals surface area contributed by atoms with Crippen LogP contribution in [0.5, 0.6) is 0 Å². The number of hydrogen-bond acceptors (Lipinski definition) is 4. The molecule has 146 valence electrons. The number of likely N-dealkylation sites (N-methyl/N-ethyl adjacent to an activating group) is 1. The molecule has 2 aromatic carbocycles. The van der Waals surface area contributed by atoms with Gasteiger partial charge in [-0.15, -0.1) is 11.3 Å². The van der Waals surface area contributed by atoms with Crippen LogP contribution in [-0.4, -0.2) is 30.9 Å². The van der Waals surface area contributed by atoms with Crippen molar-refractivity contribution in [1.82, 2.24) is 4.90 Å². The molecule has 3 aromatic rings. The molecule has 2 amide bonds. The summed E-state index contributed by atoms with van der Waals surface area (Å²) in [6, 6.07) is 8.74. The van der Waals surface area contributed by atoms with Crippen molar-refractivity contribution in [2.75, 3.05) is 14.2 Å². The maximum atomic E-state index is 14.4. The quantitative estimate of drug-likeness (QED) is 0.682. The minimum atomic E-state index is -1.17. The smallest absolute Gasteiger partial charge is 0.265 e. The second-order valence-electron chi connectivity index (χ2n) is 6.23. The summed E-state index contributed by atoms with van der Waals surface area (Å²) < 4.78 is 33.7. The predicted molar refractivity (Wildman–Crippen MR) is 103 cm³/mol. The fourth-order valence-electron chi connectivity index (χ4n) is 3.15. The Kier molecular flexibility index (Phi) is 5.71. The van der Waals surface area contributed by atoms with Crippen molar-refractivity contribution in [1.29, 1.82) is 0 Å². The molecule has 0 saturated carbocycles. The lowest BCUT2D eigenvalue weighted by molar-refractivity contribution is -0.122. The minimum absolute atomic E-state index is 0.0249. The molecule has 0 bridgehead atoms. The van der Waals surface area contributed by atoms with Gasteiger partial charge in [-0.3, -0.25) is 9.59 Å². The Morgan fingerprint density at radius 3 is 2.57 bits per heavy atom. The molecule has 8 heteroatoms. The topological polar surface area (TPSA) is 72.6 Å². The lowest BCUT2D eigenvalue weighted by Crippen LogP contribution is -2.39. The van der Waals surface area contributed by atoms with Gasteiger partial charge in [0, 0.05) is 29.8 Å². The molecule has 0 spiro atoms. The van der Waals surface area contributed by atoms with Crippen molar-refractivity contribution in [2.45, 2.75) is 12.6 Å². The molecule has 0 radical (unpaired) electrons. The number of thiophene rings is 1. The summed E-state index contributed by atoms with van der Waals surface area (Å²) in [7, 11) is 2.85. The number of carbonyl (C=O) groups is 2. The highest BCUT2D eigenvalue weighted by Gasteiger charge is 2.31. The van der Waals surface area contributed by atoms with Gasteiger partial charge in [0.15, 0.2) is 0 Å². The number of nitrogens with two attached hydrogens (primary N) is 1. The summed E-state index contributed by atoms with van der Waals surface area (Å²) in [4.78, 5) is 26.6. The summed E-state index contributed by atoms with van der Waals surface area (Å²) >= 11 is 1.10. The van der Waals surface area contributed by atoms with Gasteiger partial charge in [0.25, 0.3) is 5.91 Å². The Balaban J connectivity index is 2.08. The third-order valence-corrected chi connectivity index (χ3v) is 5.57. The van der Waals surface area contributed by atoms with Gasteiger partial charge in [-0.25, -0.2) is 8.78 Å². The van der Waals surface area contributed by atoms with E-state index < -0.39 is 29.5 Å². The van der Waals surface area contributed by atoms with Gasteiger partial charge < -0.3 is 15.4 Å². The number of primary amides is 1. The lowest BCUT2D eigenvalue weighted by Gasteiger charge is -2.26. The first kappa shape index (κ1) is 19.9. The summed E-state index contributed by atoms with van der Waals surface area (Å²) in [5, 5.41) is 0.312. The fourth-order valence-corrected chi connectivity index (χ4v) is 4.36. The first-order chi connectivity index (χ1) is 13.3. The molecule has 1 heterocycles. The molecule has 0 fully saturated rings. The number of benzene rings is 2. The van der Waals surface area contributed by atoms with Crippen molar-refractivity contribution in [3.63, 3.8) is 0 Å². The van der Waals surface area contributed by atoms with Crippen LogP contribution in [0.25, 0.3) is 10.1 Å². The lowest BCUT2D eigenvalue weighted by atomic mass is 10.0. The number of carbonyl (C=O) groups excluding carboxylic acids is 2. The van der Waals surface area contributed by atoms with Crippen molar-refractivity contribution in [3.05, 3.63) is 70.1 Å². The van der Waals surface area contributed by atoms with E-state index >= 15 is 0 Å². The summed E-state index contributed by atoms with van der Waals surface area (Å²) in [6.07, 6.45) is 0. The van der Waals surface area contributed by atoms with Crippen LogP contribution in [-0.2, 0) is 16.1 Å². The van der Waals surface area contributed by atoms with E-state index in [0.717, 1.165) is 22.3 Å². The molecule has 1 unspecified atom stereocenters. The average molecular weight is 404 g/mol. The molecule has 0 saturated heterocycles. The monoisotopic (exact) mass is 404 g/mol. The van der Waals surface area contributed by atoms with Crippen LogP contribution in [0, 0.1) is 11.6 Å². The minimum Gasteiger partial charge on any atom is -0.380 e. The predicted octanol–water partition coefficient (Wildman–Crippen LogP) is 3.62. The zero-order valence-corrected chi connectivity index (χ0v) is 16.1. The Bertz CT molecular complexity index is 1050. The first-order valence-electron chi connectivity index (χ1n) is 8.36. The molecule has 0 aliphatic carbocycles. The Morgan fingerprint density at radius 2 is 1.93 bits per heavy atom. The highest BCUT2D eigenvalue weighted by Crippen LogP contribution is 2.35. The van der Waals surface area contributed by atoms with E-state index in [1.807, 2.05) is 0 Å². The Hall–Kier alpha value is -2.84. The highest BCUT2D eigenvalue weighted by molar-refractivity contribution is 7.21. The van der Waals surface area contributed by atoms with Crippen LogP contribution in [0.15, 0.2) is 42.5 Å². The fraction of sp³-hybridized carbons (Fsp3) is 0.200. The first-order valence-corrected chi connectivity index (χ1v) is 9.17. The number of hydrogen-bond donors (Lipinski definition) is 1. The van der Waals surface area contributed by atoms with Gasteiger partial charge >= 0.3 is 0 Å². The second kappa shape index (κ2) is 8.04. The highest BCUT2D eigenvalue weighted by atomic mass is 32.1. The van der Waals surface area contributed by atoms with Crippen LogP contribution >= 0.6 is 11.3 Å². The van der Waals surface area contributed by atoms with E-state index in [9.17, 15) is 18.4 Å². The molecule has 3 rings (SSSR count). The van der Waals surface area contributed by atoms with E-state index in [2.05, 4.69) is 0 Å². The molecule has 5 nitrogen and oxygen atoms in total. The van der Waals surface area contributed by atoms with Crippen molar-refractivity contribution in [3.8, 4) is 0 Å². The number of halogens is 2. The Labute approximate surface area is 164 Å². The van der Waals surface area contributed by atoms with Crippen molar-refractivity contribution >= 4 is 33.2 Å². The molecule has 2 N–H and O–H groups in total. The SMILES string of the molecule is COCc1c(C(=O)N(C)C(C(N)=O)c2cccc(F)c2)sc2cccc(F)c12. The summed E-state index contributed by atoms with van der Waals surface area (Å²) in [5.74, 6) is -2.34. The van der Waals surface area contributed by atoms with Crippen LogP contribution in [0.1, 0.15) is 26.8 Å². The number of rotatable bonds is 6. The Morgan fingerprint density at radius 1 is 1.21 bits per heavy atom. The summed E-state index contributed by atoms with van der Waals surface area (Å²) in [6.45, 7) is 0.0249. The maximum Gasteiger partial charge on any atom is 0.265 e. The average Bonchev–Trinajstić information content (AvgIpc) is 3.01. The van der Waals surface area contributed by atoms with Crippen molar-refractivity contribution < 1.29 is 23.1 Å². The number of amides is 2. The van der Waals surface area contributed by atoms with Gasteiger partial charge in [-0.1, -0.05) is 18.2 Å². The molecule has 28 heavy (non-hydrogen) atoms. The van der Waals surface area contributed by atoms with Gasteiger partial charge in [0.2, 0.25) is 5.91 Å². The van der Waals surface area contributed by atoms with E-state index in [1.54, 1.807) is 12.1 Å². The van der Waals surface area contributed by atoms with Gasteiger partial charge in [0.05, 0.1) is 11.5 Å². The third-order valence-electron chi connectivity index (χ3n) is 4.39. The largest absolute Gasteiger partial charge is 0.380 e. The van der Waals surface area contributed by atoms with Crippen LogP contribution in [0.3, 0.4) is 0 Å². The van der Waals surface area contributed by atoms with Gasteiger partial charge in [-0.05, 0) is 29.8 Å². The van der Waals surface area contributed by atoms with Gasteiger partial charge in [0.1, 0.15) is 17.7 Å². The zero-order valence-electron chi connectivity index (χ0n) is 15.2. The standard InChI is InChI=1S/C20H18F2N2O3S/c1-24(17(19(23)25)11-5-3-6-12(21)9-11)20(26)18-13(10-27-2)16-14(22)7-4-8-15(16)28-18/h3-9,17H,10H2,1-2H3,(H2,23,25). The number of ether oxygens (including phenoxy) is 1. The van der Waals surface area contributed by atoms with Crippen molar-refractivity contribution in [2.24, 2.45) is 5.73 Å². The maximum absolute atomic E-state index is 14.4. The van der Waals surface area contributed by atoms with Gasteiger partial charge in [-0.2, -0.15) is 0 Å². The normalized spacial score (nSPS) is 12.1. The number of fused-ring (bicyclic) bond motifs is 1. The van der Waals surface area contributed by atoms with E-state index in [1.165, 1.54) is 38.4 Å². The van der Waals surface area contributed by atoms with Crippen LogP contribution in [0.4, 0.5) is 8.78 Å². The zero-order chi connectivity index (χ0) is 20.4. The summed E-state index contributed by atoms with van der Waals surface area (Å²) in [5.41, 5.74) is 6.15. The van der Waals surface area contributed by atoms with E-state index in [4.69, 9.17) is 10.5 Å². The van der Waals surface area contributed by atoms with E-state index in [0.29, 0.717) is 15.6 Å². The second-order valence-corrected chi connectivity index (χ2v) is 7.28. The molecule has 0 aliphatic heterocycles. The molecule has 1 aromatic heterocycles. The molecule has 1 atom stereocenters. The van der Waals surface area contributed by atoms with Crippen LogP contribution in [0.2, 0.25) is 0 Å². The third kappa shape index (κ3) is 3.61. The molecule has 0 aliphatic rings. The molecular formula is C20H18F2N2O3S. The number of nitrogens with zero attached hydrogens (tertiary/aromatic N) is 1. The number of methoxy groups -OCH3 is 1.